The Labute approximate surface area is 102 Å². The molecule has 90 valence electrons. The summed E-state index contributed by atoms with van der Waals surface area (Å²) >= 11 is 5.77. The highest BCUT2D eigenvalue weighted by molar-refractivity contribution is 7.90. The minimum atomic E-state index is -2.98. The number of sulfone groups is 1. The van der Waals surface area contributed by atoms with Crippen LogP contribution in [0, 0.1) is 0 Å². The molecule has 0 aliphatic rings. The molecule has 0 saturated carbocycles. The number of rotatable bonds is 4. The fraction of sp³-hybridized carbons (Fsp3) is 0.455. The molecule has 0 aliphatic carbocycles. The minimum absolute atomic E-state index is 0.0859. The summed E-state index contributed by atoms with van der Waals surface area (Å²) in [7, 11) is -2.98. The van der Waals surface area contributed by atoms with Gasteiger partial charge >= 0.3 is 0 Å². The van der Waals surface area contributed by atoms with Crippen molar-refractivity contribution in [3.05, 3.63) is 34.9 Å². The van der Waals surface area contributed by atoms with Crippen LogP contribution in [0.5, 0.6) is 0 Å². The standard InChI is InChI=1S/C11H16ClNO2S/c1-11(13,7-8-16(2,14)15)9-3-5-10(12)6-4-9/h3-6H,7-8,13H2,1-2H3. The number of hydrogen-bond donors (Lipinski definition) is 1. The van der Waals surface area contributed by atoms with Crippen LogP contribution in [0.25, 0.3) is 0 Å². The van der Waals surface area contributed by atoms with Crippen molar-refractivity contribution >= 4 is 21.4 Å². The summed E-state index contributed by atoms with van der Waals surface area (Å²) in [5.41, 5.74) is 6.33. The molecule has 1 aromatic carbocycles. The topological polar surface area (TPSA) is 60.2 Å². The van der Waals surface area contributed by atoms with E-state index in [0.717, 1.165) is 5.56 Å². The molecule has 0 saturated heterocycles. The third-order valence-corrected chi connectivity index (χ3v) is 3.69. The van der Waals surface area contributed by atoms with E-state index in [1.807, 2.05) is 19.1 Å². The minimum Gasteiger partial charge on any atom is -0.322 e. The molecule has 3 nitrogen and oxygen atoms in total. The van der Waals surface area contributed by atoms with Crippen LogP contribution in [0.15, 0.2) is 24.3 Å². The molecule has 1 atom stereocenters. The van der Waals surface area contributed by atoms with Gasteiger partial charge in [0.2, 0.25) is 0 Å². The Kier molecular flexibility index (Phi) is 3.99. The second-order valence-electron chi connectivity index (χ2n) is 4.30. The molecule has 1 unspecified atom stereocenters. The Morgan fingerprint density at radius 2 is 1.81 bits per heavy atom. The average molecular weight is 262 g/mol. The highest BCUT2D eigenvalue weighted by atomic mass is 35.5. The van der Waals surface area contributed by atoms with Gasteiger partial charge in [0.25, 0.3) is 0 Å². The van der Waals surface area contributed by atoms with Crippen LogP contribution < -0.4 is 5.73 Å². The summed E-state index contributed by atoms with van der Waals surface area (Å²) in [6.45, 7) is 1.82. The first-order valence-corrected chi connectivity index (χ1v) is 7.37. The van der Waals surface area contributed by atoms with Gasteiger partial charge in [-0.2, -0.15) is 0 Å². The summed E-state index contributed by atoms with van der Waals surface area (Å²) < 4.78 is 22.2. The molecule has 0 bridgehead atoms. The van der Waals surface area contributed by atoms with E-state index in [9.17, 15) is 8.42 Å². The predicted octanol–water partition coefficient (Wildman–Crippen LogP) is 1.95. The first-order valence-electron chi connectivity index (χ1n) is 4.93. The molecule has 0 aliphatic heterocycles. The van der Waals surface area contributed by atoms with Gasteiger partial charge in [0.1, 0.15) is 9.84 Å². The number of hydrogen-bond acceptors (Lipinski definition) is 3. The molecule has 0 radical (unpaired) electrons. The highest BCUT2D eigenvalue weighted by Gasteiger charge is 2.22. The maximum atomic E-state index is 11.1. The van der Waals surface area contributed by atoms with Crippen LogP contribution >= 0.6 is 11.6 Å². The van der Waals surface area contributed by atoms with E-state index in [2.05, 4.69) is 0 Å². The lowest BCUT2D eigenvalue weighted by Crippen LogP contribution is -2.35. The van der Waals surface area contributed by atoms with Crippen molar-refractivity contribution in [1.29, 1.82) is 0 Å². The molecular weight excluding hydrogens is 246 g/mol. The fourth-order valence-electron chi connectivity index (χ4n) is 1.37. The first-order chi connectivity index (χ1) is 7.21. The Hall–Kier alpha value is -0.580. The number of nitrogens with two attached hydrogens (primary N) is 1. The van der Waals surface area contributed by atoms with Crippen molar-refractivity contribution < 1.29 is 8.42 Å². The van der Waals surface area contributed by atoms with Gasteiger partial charge in [-0.25, -0.2) is 8.42 Å². The first kappa shape index (κ1) is 13.5. The molecule has 0 spiro atoms. The van der Waals surface area contributed by atoms with Crippen LogP contribution in [0.3, 0.4) is 0 Å². The molecule has 5 heteroatoms. The van der Waals surface area contributed by atoms with Gasteiger partial charge in [-0.05, 0) is 31.0 Å². The Bertz CT molecular complexity index is 451. The zero-order valence-corrected chi connectivity index (χ0v) is 11.0. The van der Waals surface area contributed by atoms with E-state index in [4.69, 9.17) is 17.3 Å². The highest BCUT2D eigenvalue weighted by Crippen LogP contribution is 2.23. The summed E-state index contributed by atoms with van der Waals surface area (Å²) in [5, 5.41) is 0.641. The van der Waals surface area contributed by atoms with Gasteiger partial charge in [-0.3, -0.25) is 0 Å². The third kappa shape index (κ3) is 4.12. The Morgan fingerprint density at radius 1 is 1.31 bits per heavy atom. The van der Waals surface area contributed by atoms with Crippen molar-refractivity contribution in [3.8, 4) is 0 Å². The molecule has 1 aromatic rings. The van der Waals surface area contributed by atoms with E-state index in [-0.39, 0.29) is 5.75 Å². The van der Waals surface area contributed by atoms with Gasteiger partial charge in [-0.15, -0.1) is 0 Å². The van der Waals surface area contributed by atoms with Gasteiger partial charge in [0, 0.05) is 16.8 Å². The second kappa shape index (κ2) is 4.73. The average Bonchev–Trinajstić information content (AvgIpc) is 2.15. The Balaban J connectivity index is 2.81. The van der Waals surface area contributed by atoms with E-state index >= 15 is 0 Å². The summed E-state index contributed by atoms with van der Waals surface area (Å²) in [6.07, 6.45) is 1.61. The molecule has 0 heterocycles. The van der Waals surface area contributed by atoms with E-state index in [0.29, 0.717) is 11.4 Å². The molecule has 0 amide bonds. The zero-order chi connectivity index (χ0) is 12.4. The van der Waals surface area contributed by atoms with Gasteiger partial charge in [0.05, 0.1) is 5.75 Å². The van der Waals surface area contributed by atoms with E-state index in [1.165, 1.54) is 6.26 Å². The summed E-state index contributed by atoms with van der Waals surface area (Å²) in [6, 6.07) is 7.15. The summed E-state index contributed by atoms with van der Waals surface area (Å²) in [5.74, 6) is 0.0859. The van der Waals surface area contributed by atoms with Crippen LogP contribution in [0.1, 0.15) is 18.9 Å². The summed E-state index contributed by atoms with van der Waals surface area (Å²) in [4.78, 5) is 0. The van der Waals surface area contributed by atoms with Crippen LogP contribution in [0.4, 0.5) is 0 Å². The lowest BCUT2D eigenvalue weighted by Gasteiger charge is -2.24. The van der Waals surface area contributed by atoms with Crippen molar-refractivity contribution in [2.45, 2.75) is 18.9 Å². The van der Waals surface area contributed by atoms with Crippen molar-refractivity contribution in [1.82, 2.24) is 0 Å². The fourth-order valence-corrected chi connectivity index (χ4v) is 2.29. The number of halogens is 1. The normalized spacial score (nSPS) is 15.8. The molecule has 0 fully saturated rings. The molecule has 2 N–H and O–H groups in total. The molecule has 16 heavy (non-hydrogen) atoms. The van der Waals surface area contributed by atoms with Crippen LogP contribution in [-0.4, -0.2) is 20.4 Å². The largest absolute Gasteiger partial charge is 0.322 e. The van der Waals surface area contributed by atoms with Gasteiger partial charge in [-0.1, -0.05) is 23.7 Å². The van der Waals surface area contributed by atoms with Crippen LogP contribution in [-0.2, 0) is 15.4 Å². The molecular formula is C11H16ClNO2S. The van der Waals surface area contributed by atoms with Crippen LogP contribution in [0.2, 0.25) is 5.02 Å². The second-order valence-corrected chi connectivity index (χ2v) is 7.00. The smallest absolute Gasteiger partial charge is 0.147 e. The number of benzene rings is 1. The third-order valence-electron chi connectivity index (χ3n) is 2.50. The molecule has 1 rings (SSSR count). The molecule has 0 aromatic heterocycles. The Morgan fingerprint density at radius 3 is 2.25 bits per heavy atom. The quantitative estimate of drug-likeness (QED) is 0.901. The van der Waals surface area contributed by atoms with Gasteiger partial charge < -0.3 is 5.73 Å². The predicted molar refractivity (Wildman–Crippen MR) is 67.3 cm³/mol. The maximum Gasteiger partial charge on any atom is 0.147 e. The van der Waals surface area contributed by atoms with Crippen molar-refractivity contribution in [2.75, 3.05) is 12.0 Å². The monoisotopic (exact) mass is 261 g/mol. The SMILES string of the molecule is CC(N)(CCS(C)(=O)=O)c1ccc(Cl)cc1. The van der Waals surface area contributed by atoms with Crippen molar-refractivity contribution in [2.24, 2.45) is 5.73 Å². The van der Waals surface area contributed by atoms with Crippen molar-refractivity contribution in [3.63, 3.8) is 0 Å². The van der Waals surface area contributed by atoms with E-state index in [1.54, 1.807) is 12.1 Å². The zero-order valence-electron chi connectivity index (χ0n) is 9.40. The maximum absolute atomic E-state index is 11.1. The van der Waals surface area contributed by atoms with E-state index < -0.39 is 15.4 Å². The lowest BCUT2D eigenvalue weighted by atomic mass is 9.91. The van der Waals surface area contributed by atoms with Gasteiger partial charge in [0.15, 0.2) is 0 Å². The lowest BCUT2D eigenvalue weighted by molar-refractivity contribution is 0.473.